The van der Waals surface area contributed by atoms with Crippen LogP contribution in [0.25, 0.3) is 0 Å². The number of carboxylic acids is 1. The number of carbonyl (C=O) groups is 3. The maximum Gasteiger partial charge on any atom is 0.303 e. The number of primary amides is 1. The summed E-state index contributed by atoms with van der Waals surface area (Å²) in [6.07, 6.45) is 1.45. The quantitative estimate of drug-likeness (QED) is 0.313. The van der Waals surface area contributed by atoms with Gasteiger partial charge in [0.1, 0.15) is 11.6 Å². The third kappa shape index (κ3) is 6.31. The molecule has 0 aromatic heterocycles. The summed E-state index contributed by atoms with van der Waals surface area (Å²) in [7, 11) is 0. The number of nitriles is 1. The van der Waals surface area contributed by atoms with E-state index in [4.69, 9.17) is 16.1 Å². The van der Waals surface area contributed by atoms with Gasteiger partial charge in [-0.2, -0.15) is 5.26 Å². The van der Waals surface area contributed by atoms with E-state index in [1.165, 1.54) is 18.3 Å². The molecule has 23 heavy (non-hydrogen) atoms. The van der Waals surface area contributed by atoms with Crippen molar-refractivity contribution in [2.24, 2.45) is 5.73 Å². The fourth-order valence-electron chi connectivity index (χ4n) is 1.57. The van der Waals surface area contributed by atoms with E-state index < -0.39 is 17.8 Å². The van der Waals surface area contributed by atoms with Gasteiger partial charge < -0.3 is 21.5 Å². The second kappa shape index (κ2) is 8.84. The van der Waals surface area contributed by atoms with Crippen molar-refractivity contribution in [2.45, 2.75) is 12.8 Å². The fraction of sp³-hybridized carbons (Fsp3) is 0.200. The summed E-state index contributed by atoms with van der Waals surface area (Å²) in [5, 5.41) is 22.7. The van der Waals surface area contributed by atoms with Gasteiger partial charge in [-0.3, -0.25) is 14.4 Å². The van der Waals surface area contributed by atoms with Gasteiger partial charge >= 0.3 is 5.97 Å². The van der Waals surface area contributed by atoms with Gasteiger partial charge in [0.25, 0.3) is 5.91 Å². The van der Waals surface area contributed by atoms with Gasteiger partial charge in [0, 0.05) is 30.4 Å². The molecular formula is C15H16N4O4. The summed E-state index contributed by atoms with van der Waals surface area (Å²) >= 11 is 0. The van der Waals surface area contributed by atoms with E-state index in [0.717, 1.165) is 0 Å². The van der Waals surface area contributed by atoms with Crippen LogP contribution in [0.5, 0.6) is 0 Å². The number of nitrogens with zero attached hydrogens (tertiary/aromatic N) is 1. The summed E-state index contributed by atoms with van der Waals surface area (Å²) in [5.74, 6) is -2.10. The van der Waals surface area contributed by atoms with E-state index in [0.29, 0.717) is 11.3 Å². The molecular weight excluding hydrogens is 300 g/mol. The highest BCUT2D eigenvalue weighted by molar-refractivity contribution is 5.97. The molecule has 0 atom stereocenters. The van der Waals surface area contributed by atoms with Crippen molar-refractivity contribution in [1.29, 1.82) is 5.26 Å². The lowest BCUT2D eigenvalue weighted by molar-refractivity contribution is -0.137. The first-order valence-corrected chi connectivity index (χ1v) is 6.70. The van der Waals surface area contributed by atoms with Crippen molar-refractivity contribution >= 4 is 23.5 Å². The predicted octanol–water partition coefficient (Wildman–Crippen LogP) is 0.586. The normalized spacial score (nSPS) is 10.5. The van der Waals surface area contributed by atoms with Crippen LogP contribution < -0.4 is 16.4 Å². The molecule has 1 aromatic carbocycles. The number of carbonyl (C=O) groups excluding carboxylic acids is 2. The van der Waals surface area contributed by atoms with Crippen LogP contribution in [-0.2, 0) is 9.59 Å². The molecule has 0 heterocycles. The Labute approximate surface area is 132 Å². The Bertz CT molecular complexity index is 659. The van der Waals surface area contributed by atoms with E-state index in [1.807, 2.05) is 0 Å². The molecule has 5 N–H and O–H groups in total. The van der Waals surface area contributed by atoms with Gasteiger partial charge in [0.05, 0.1) is 0 Å². The average molecular weight is 316 g/mol. The smallest absolute Gasteiger partial charge is 0.303 e. The minimum atomic E-state index is -0.948. The van der Waals surface area contributed by atoms with Gasteiger partial charge in [-0.05, 0) is 30.7 Å². The molecule has 0 aliphatic heterocycles. The van der Waals surface area contributed by atoms with Crippen LogP contribution in [-0.4, -0.2) is 29.4 Å². The molecule has 0 aliphatic rings. The number of rotatable bonds is 8. The summed E-state index contributed by atoms with van der Waals surface area (Å²) in [6, 6.07) is 7.93. The number of amides is 2. The van der Waals surface area contributed by atoms with Crippen molar-refractivity contribution < 1.29 is 19.5 Å². The van der Waals surface area contributed by atoms with Crippen LogP contribution in [0.4, 0.5) is 5.69 Å². The van der Waals surface area contributed by atoms with Crippen LogP contribution in [0.15, 0.2) is 36.0 Å². The van der Waals surface area contributed by atoms with Crippen LogP contribution >= 0.6 is 0 Å². The zero-order chi connectivity index (χ0) is 17.2. The first kappa shape index (κ1) is 17.7. The predicted molar refractivity (Wildman–Crippen MR) is 82.2 cm³/mol. The first-order chi connectivity index (χ1) is 10.9. The highest BCUT2D eigenvalue weighted by Crippen LogP contribution is 2.09. The lowest BCUT2D eigenvalue weighted by Crippen LogP contribution is -2.26. The zero-order valence-corrected chi connectivity index (χ0v) is 12.2. The molecule has 0 bridgehead atoms. The number of benzene rings is 1. The van der Waals surface area contributed by atoms with Crippen molar-refractivity contribution in [3.05, 3.63) is 41.6 Å². The minimum absolute atomic E-state index is 0.0592. The van der Waals surface area contributed by atoms with E-state index in [2.05, 4.69) is 10.6 Å². The second-order valence-corrected chi connectivity index (χ2v) is 4.51. The van der Waals surface area contributed by atoms with Crippen molar-refractivity contribution in [3.8, 4) is 6.07 Å². The standard InChI is InChI=1S/C15H16N4O4/c16-8-11(15(23)18-7-1-2-13(20)21)9-19-12-5-3-10(4-6-12)14(17)22/h3-6,9,19H,1-2,7H2,(H2,17,22)(H,18,23)(H,20,21)/b11-9-. The molecule has 120 valence electrons. The highest BCUT2D eigenvalue weighted by atomic mass is 16.4. The molecule has 0 saturated heterocycles. The summed E-state index contributed by atoms with van der Waals surface area (Å²) < 4.78 is 0. The van der Waals surface area contributed by atoms with Crippen LogP contribution in [0.2, 0.25) is 0 Å². The topological polar surface area (TPSA) is 145 Å². The number of nitrogens with two attached hydrogens (primary N) is 1. The van der Waals surface area contributed by atoms with Crippen LogP contribution in [0, 0.1) is 11.3 Å². The minimum Gasteiger partial charge on any atom is -0.481 e. The Morgan fingerprint density at radius 3 is 2.43 bits per heavy atom. The molecule has 0 spiro atoms. The highest BCUT2D eigenvalue weighted by Gasteiger charge is 2.08. The van der Waals surface area contributed by atoms with Gasteiger partial charge in [0.15, 0.2) is 0 Å². The van der Waals surface area contributed by atoms with Gasteiger partial charge in [-0.25, -0.2) is 0 Å². The number of nitrogens with one attached hydrogen (secondary N) is 2. The van der Waals surface area contributed by atoms with E-state index in [-0.39, 0.29) is 25.0 Å². The molecule has 0 radical (unpaired) electrons. The Morgan fingerprint density at radius 1 is 1.26 bits per heavy atom. The molecule has 0 unspecified atom stereocenters. The molecule has 0 fully saturated rings. The van der Waals surface area contributed by atoms with Crippen LogP contribution in [0.1, 0.15) is 23.2 Å². The monoisotopic (exact) mass is 316 g/mol. The van der Waals surface area contributed by atoms with E-state index in [1.54, 1.807) is 18.2 Å². The third-order valence-electron chi connectivity index (χ3n) is 2.77. The zero-order valence-electron chi connectivity index (χ0n) is 12.2. The van der Waals surface area contributed by atoms with Gasteiger partial charge in [-0.1, -0.05) is 0 Å². The maximum atomic E-state index is 11.7. The lowest BCUT2D eigenvalue weighted by Gasteiger charge is -2.05. The summed E-state index contributed by atoms with van der Waals surface area (Å²) in [4.78, 5) is 33.0. The molecule has 0 saturated carbocycles. The molecule has 8 heteroatoms. The Hall–Kier alpha value is -3.34. The Morgan fingerprint density at radius 2 is 1.91 bits per heavy atom. The number of anilines is 1. The number of hydrogen-bond donors (Lipinski definition) is 4. The largest absolute Gasteiger partial charge is 0.481 e. The summed E-state index contributed by atoms with van der Waals surface area (Å²) in [6.45, 7) is 0.164. The van der Waals surface area contributed by atoms with Crippen molar-refractivity contribution in [2.75, 3.05) is 11.9 Å². The molecule has 0 aliphatic carbocycles. The molecule has 1 rings (SSSR count). The first-order valence-electron chi connectivity index (χ1n) is 6.70. The SMILES string of the molecule is N#C/C(=C/Nc1ccc(C(N)=O)cc1)C(=O)NCCCC(=O)O. The molecule has 2 amide bonds. The van der Waals surface area contributed by atoms with Gasteiger partial charge in [-0.15, -0.1) is 0 Å². The Kier molecular flexibility index (Phi) is 6.81. The third-order valence-corrected chi connectivity index (χ3v) is 2.77. The lowest BCUT2D eigenvalue weighted by atomic mass is 10.2. The van der Waals surface area contributed by atoms with E-state index >= 15 is 0 Å². The van der Waals surface area contributed by atoms with Gasteiger partial charge in [0.2, 0.25) is 5.91 Å². The van der Waals surface area contributed by atoms with Crippen LogP contribution in [0.3, 0.4) is 0 Å². The van der Waals surface area contributed by atoms with Crippen molar-refractivity contribution in [3.63, 3.8) is 0 Å². The number of carboxylic acid groups (broad SMARTS) is 1. The maximum absolute atomic E-state index is 11.7. The molecule has 1 aromatic rings. The average Bonchev–Trinajstić information content (AvgIpc) is 2.52. The number of aliphatic carboxylic acids is 1. The fourth-order valence-corrected chi connectivity index (χ4v) is 1.57. The van der Waals surface area contributed by atoms with Crippen molar-refractivity contribution in [1.82, 2.24) is 5.32 Å². The number of hydrogen-bond acceptors (Lipinski definition) is 5. The van der Waals surface area contributed by atoms with E-state index in [9.17, 15) is 14.4 Å². The summed E-state index contributed by atoms with van der Waals surface area (Å²) in [5.41, 5.74) is 5.88. The Balaban J connectivity index is 2.57. The second-order valence-electron chi connectivity index (χ2n) is 4.51. The molecule has 8 nitrogen and oxygen atoms in total.